The summed E-state index contributed by atoms with van der Waals surface area (Å²) in [4.78, 5) is 0. The van der Waals surface area contributed by atoms with E-state index in [2.05, 4.69) is 19.6 Å². The van der Waals surface area contributed by atoms with Crippen molar-refractivity contribution in [2.75, 3.05) is 0 Å². The van der Waals surface area contributed by atoms with Gasteiger partial charge < -0.3 is 5.11 Å². The smallest absolute Gasteiger partial charge is 0.119 e. The molecule has 1 heteroatoms. The van der Waals surface area contributed by atoms with E-state index in [1.54, 1.807) is 6.07 Å². The van der Waals surface area contributed by atoms with Gasteiger partial charge in [-0.3, -0.25) is 0 Å². The molecule has 0 heterocycles. The van der Waals surface area contributed by atoms with E-state index < -0.39 is 0 Å². The summed E-state index contributed by atoms with van der Waals surface area (Å²) < 4.78 is 0. The lowest BCUT2D eigenvalue weighted by molar-refractivity contribution is 0.459. The predicted molar refractivity (Wildman–Crippen MR) is 60.7 cm³/mol. The first-order chi connectivity index (χ1) is 6.69. The fraction of sp³-hybridized carbons (Fsp3) is 0.385. The molecular weight excluding hydrogens is 172 g/mol. The summed E-state index contributed by atoms with van der Waals surface area (Å²) in [6.07, 6.45) is 3.87. The van der Waals surface area contributed by atoms with Gasteiger partial charge in [0, 0.05) is 0 Å². The molecule has 0 bridgehead atoms. The molecule has 0 spiro atoms. The van der Waals surface area contributed by atoms with Gasteiger partial charge >= 0.3 is 0 Å². The molecule has 0 aliphatic carbocycles. The molecule has 0 radical (unpaired) electrons. The summed E-state index contributed by atoms with van der Waals surface area (Å²) in [6.45, 7) is 7.92. The van der Waals surface area contributed by atoms with Crippen molar-refractivity contribution in [3.05, 3.63) is 42.0 Å². The maximum Gasteiger partial charge on any atom is 0.119 e. The summed E-state index contributed by atoms with van der Waals surface area (Å²) in [6, 6.07) is 5.77. The van der Waals surface area contributed by atoms with Crippen LogP contribution >= 0.6 is 0 Å². The van der Waals surface area contributed by atoms with E-state index in [-0.39, 0.29) is 0 Å². The van der Waals surface area contributed by atoms with Gasteiger partial charge in [0.15, 0.2) is 0 Å². The van der Waals surface area contributed by atoms with Crippen LogP contribution in [0.5, 0.6) is 5.75 Å². The fourth-order valence-electron chi connectivity index (χ4n) is 1.72. The second-order valence-electron chi connectivity index (χ2n) is 3.69. The third-order valence-corrected chi connectivity index (χ3v) is 2.57. The topological polar surface area (TPSA) is 20.2 Å². The van der Waals surface area contributed by atoms with Gasteiger partial charge in [-0.15, -0.1) is 6.58 Å². The molecule has 0 aliphatic rings. The Bertz CT molecular complexity index is 315. The highest BCUT2D eigenvalue weighted by Crippen LogP contribution is 2.31. The molecule has 0 fully saturated rings. The zero-order valence-corrected chi connectivity index (χ0v) is 8.96. The van der Waals surface area contributed by atoms with Crippen LogP contribution in [-0.2, 0) is 0 Å². The lowest BCUT2D eigenvalue weighted by Gasteiger charge is -2.15. The van der Waals surface area contributed by atoms with Gasteiger partial charge in [-0.2, -0.15) is 0 Å². The largest absolute Gasteiger partial charge is 0.508 e. The van der Waals surface area contributed by atoms with Crippen molar-refractivity contribution >= 4 is 0 Å². The van der Waals surface area contributed by atoms with Gasteiger partial charge in [-0.05, 0) is 37.3 Å². The summed E-state index contributed by atoms with van der Waals surface area (Å²) in [7, 11) is 0. The standard InChI is InChI=1S/C13H18O/c1-4-6-11(5-2)12-9-10(3)7-8-13(12)14/h4,7-9,11,14H,1,5-6H2,2-3H3. The van der Waals surface area contributed by atoms with Crippen molar-refractivity contribution in [2.45, 2.75) is 32.6 Å². The molecule has 1 aromatic carbocycles. The Morgan fingerprint density at radius 3 is 2.79 bits per heavy atom. The van der Waals surface area contributed by atoms with Crippen LogP contribution in [0.15, 0.2) is 30.9 Å². The van der Waals surface area contributed by atoms with E-state index in [9.17, 15) is 5.11 Å². The number of phenolic OH excluding ortho intramolecular Hbond substituents is 1. The number of phenols is 1. The summed E-state index contributed by atoms with van der Waals surface area (Å²) in [5.41, 5.74) is 2.24. The highest BCUT2D eigenvalue weighted by atomic mass is 16.3. The van der Waals surface area contributed by atoms with Gasteiger partial charge in [0.1, 0.15) is 5.75 Å². The number of rotatable bonds is 4. The van der Waals surface area contributed by atoms with Crippen LogP contribution in [0.3, 0.4) is 0 Å². The van der Waals surface area contributed by atoms with Crippen LogP contribution < -0.4 is 0 Å². The van der Waals surface area contributed by atoms with Crippen molar-refractivity contribution in [1.82, 2.24) is 0 Å². The molecule has 0 amide bonds. The van der Waals surface area contributed by atoms with Crippen molar-refractivity contribution in [2.24, 2.45) is 0 Å². The van der Waals surface area contributed by atoms with E-state index in [1.165, 1.54) is 5.56 Å². The molecule has 1 rings (SSSR count). The highest BCUT2D eigenvalue weighted by molar-refractivity contribution is 5.38. The van der Waals surface area contributed by atoms with E-state index in [0.29, 0.717) is 11.7 Å². The monoisotopic (exact) mass is 190 g/mol. The van der Waals surface area contributed by atoms with Crippen LogP contribution in [0.4, 0.5) is 0 Å². The zero-order valence-electron chi connectivity index (χ0n) is 8.96. The Kier molecular flexibility index (Phi) is 3.75. The van der Waals surface area contributed by atoms with E-state index in [1.807, 2.05) is 19.1 Å². The second-order valence-corrected chi connectivity index (χ2v) is 3.69. The molecule has 1 atom stereocenters. The van der Waals surface area contributed by atoms with Crippen LogP contribution in [0.1, 0.15) is 36.8 Å². The van der Waals surface area contributed by atoms with Crippen LogP contribution in [0.2, 0.25) is 0 Å². The summed E-state index contributed by atoms with van der Waals surface area (Å²) >= 11 is 0. The van der Waals surface area contributed by atoms with E-state index in [4.69, 9.17) is 0 Å². The first-order valence-corrected chi connectivity index (χ1v) is 5.09. The Morgan fingerprint density at radius 2 is 2.21 bits per heavy atom. The predicted octanol–water partition coefficient (Wildman–Crippen LogP) is 3.77. The first kappa shape index (κ1) is 10.8. The number of allylic oxidation sites excluding steroid dienone is 1. The molecule has 1 aromatic rings. The molecule has 1 N–H and O–H groups in total. The average Bonchev–Trinajstić information content (AvgIpc) is 2.18. The van der Waals surface area contributed by atoms with E-state index in [0.717, 1.165) is 18.4 Å². The molecule has 14 heavy (non-hydrogen) atoms. The lowest BCUT2D eigenvalue weighted by atomic mass is 9.91. The fourth-order valence-corrected chi connectivity index (χ4v) is 1.72. The SMILES string of the molecule is C=CCC(CC)c1cc(C)ccc1O. The molecule has 0 aliphatic heterocycles. The Morgan fingerprint density at radius 1 is 1.50 bits per heavy atom. The minimum atomic E-state index is 0.396. The number of aryl methyl sites for hydroxylation is 1. The van der Waals surface area contributed by atoms with Gasteiger partial charge in [0.25, 0.3) is 0 Å². The third kappa shape index (κ3) is 2.38. The first-order valence-electron chi connectivity index (χ1n) is 5.09. The molecular formula is C13H18O. The van der Waals surface area contributed by atoms with Crippen molar-refractivity contribution < 1.29 is 5.11 Å². The van der Waals surface area contributed by atoms with Crippen molar-refractivity contribution in [3.63, 3.8) is 0 Å². The van der Waals surface area contributed by atoms with Gasteiger partial charge in [0.2, 0.25) is 0 Å². The third-order valence-electron chi connectivity index (χ3n) is 2.57. The lowest BCUT2D eigenvalue weighted by Crippen LogP contribution is -1.96. The number of hydrogen-bond donors (Lipinski definition) is 1. The molecule has 0 aromatic heterocycles. The summed E-state index contributed by atoms with van der Waals surface area (Å²) in [5.74, 6) is 0.803. The minimum Gasteiger partial charge on any atom is -0.508 e. The molecule has 1 nitrogen and oxygen atoms in total. The molecule has 76 valence electrons. The van der Waals surface area contributed by atoms with Gasteiger partial charge in [-0.1, -0.05) is 30.7 Å². The van der Waals surface area contributed by atoms with E-state index >= 15 is 0 Å². The number of aromatic hydroxyl groups is 1. The average molecular weight is 190 g/mol. The molecule has 1 unspecified atom stereocenters. The number of benzene rings is 1. The minimum absolute atomic E-state index is 0.396. The van der Waals surface area contributed by atoms with Crippen molar-refractivity contribution in [1.29, 1.82) is 0 Å². The normalized spacial score (nSPS) is 12.4. The van der Waals surface area contributed by atoms with Crippen LogP contribution in [0, 0.1) is 6.92 Å². The maximum absolute atomic E-state index is 9.73. The van der Waals surface area contributed by atoms with Gasteiger partial charge in [-0.25, -0.2) is 0 Å². The number of hydrogen-bond acceptors (Lipinski definition) is 1. The van der Waals surface area contributed by atoms with Crippen LogP contribution in [-0.4, -0.2) is 5.11 Å². The maximum atomic E-state index is 9.73. The molecule has 0 saturated carbocycles. The highest BCUT2D eigenvalue weighted by Gasteiger charge is 2.11. The van der Waals surface area contributed by atoms with Crippen molar-refractivity contribution in [3.8, 4) is 5.75 Å². The second kappa shape index (κ2) is 4.85. The Labute approximate surface area is 86.1 Å². The van der Waals surface area contributed by atoms with Gasteiger partial charge in [0.05, 0.1) is 0 Å². The Balaban J connectivity index is 3.01. The quantitative estimate of drug-likeness (QED) is 0.716. The summed E-state index contributed by atoms with van der Waals surface area (Å²) in [5, 5.41) is 9.73. The van der Waals surface area contributed by atoms with Crippen LogP contribution in [0.25, 0.3) is 0 Å². The zero-order chi connectivity index (χ0) is 10.6. The molecule has 0 saturated heterocycles. The Hall–Kier alpha value is -1.24.